The molecular formula is C18H15BrFN2O+. The molecule has 0 bridgehead atoms. The average Bonchev–Trinajstić information content (AvgIpc) is 2.57. The van der Waals surface area contributed by atoms with Gasteiger partial charge < -0.3 is 0 Å². The zero-order chi connectivity index (χ0) is 15.4. The van der Waals surface area contributed by atoms with Crippen LogP contribution < -0.4 is 4.57 Å². The molecule has 5 heteroatoms. The fourth-order valence-electron chi connectivity index (χ4n) is 2.19. The number of hydrogen-bond acceptors (Lipinski definition) is 2. The molecule has 1 aromatic carbocycles. The Kier molecular flexibility index (Phi) is 5.71. The Hall–Kier alpha value is -2.40. The number of halogens is 2. The van der Waals surface area contributed by atoms with Gasteiger partial charge in [0.25, 0.3) is 0 Å². The van der Waals surface area contributed by atoms with E-state index in [4.69, 9.17) is 0 Å². The summed E-state index contributed by atoms with van der Waals surface area (Å²) in [6.45, 7) is 0.224. The van der Waals surface area contributed by atoms with Crippen molar-refractivity contribution in [2.45, 2.75) is 6.54 Å². The number of carbonyl (C=O) groups excluding carboxylic acids is 1. The highest BCUT2D eigenvalue weighted by molar-refractivity contribution is 8.93. The molecule has 0 unspecified atom stereocenters. The molecule has 0 spiro atoms. The molecule has 3 aromatic rings. The van der Waals surface area contributed by atoms with Gasteiger partial charge in [0, 0.05) is 30.1 Å². The number of pyridine rings is 2. The predicted octanol–water partition coefficient (Wildman–Crippen LogP) is 3.64. The molecule has 3 rings (SSSR count). The van der Waals surface area contributed by atoms with Gasteiger partial charge >= 0.3 is 0 Å². The number of benzene rings is 1. The maximum Gasteiger partial charge on any atom is 0.227 e. The van der Waals surface area contributed by atoms with E-state index in [1.807, 2.05) is 36.7 Å². The summed E-state index contributed by atoms with van der Waals surface area (Å²) in [5.41, 5.74) is 2.65. The smallest absolute Gasteiger partial charge is 0.227 e. The number of nitrogens with zero attached hydrogens (tertiary/aromatic N) is 2. The van der Waals surface area contributed by atoms with Gasteiger partial charge in [0.1, 0.15) is 5.82 Å². The van der Waals surface area contributed by atoms with E-state index in [0.29, 0.717) is 5.56 Å². The molecule has 3 nitrogen and oxygen atoms in total. The quantitative estimate of drug-likeness (QED) is 0.516. The van der Waals surface area contributed by atoms with Gasteiger partial charge in [-0.2, -0.15) is 4.57 Å². The van der Waals surface area contributed by atoms with Crippen molar-refractivity contribution in [2.24, 2.45) is 0 Å². The van der Waals surface area contributed by atoms with E-state index in [0.717, 1.165) is 11.1 Å². The third-order valence-electron chi connectivity index (χ3n) is 3.40. The van der Waals surface area contributed by atoms with Gasteiger partial charge in [-0.15, -0.1) is 17.0 Å². The van der Waals surface area contributed by atoms with Crippen LogP contribution in [0.25, 0.3) is 11.1 Å². The molecule has 0 N–H and O–H groups in total. The first kappa shape index (κ1) is 17.0. The summed E-state index contributed by atoms with van der Waals surface area (Å²) in [5.74, 6) is -0.396. The van der Waals surface area contributed by atoms with Crippen LogP contribution in [0.5, 0.6) is 0 Å². The normalized spacial score (nSPS) is 9.96. The molecule has 0 saturated carbocycles. The van der Waals surface area contributed by atoms with Crippen LogP contribution in [-0.2, 0) is 6.54 Å². The van der Waals surface area contributed by atoms with Crippen molar-refractivity contribution in [3.8, 4) is 11.1 Å². The summed E-state index contributed by atoms with van der Waals surface area (Å²) in [4.78, 5) is 16.1. The molecule has 0 saturated heterocycles. The van der Waals surface area contributed by atoms with Crippen molar-refractivity contribution in [3.63, 3.8) is 0 Å². The van der Waals surface area contributed by atoms with E-state index in [2.05, 4.69) is 4.98 Å². The molecule has 0 radical (unpaired) electrons. The standard InChI is InChI=1S/C18H14FN2O.BrH/c19-17-3-1-16(2-4-17)18(22)13-21-11-7-15(8-12-21)14-5-9-20-10-6-14;/h1-12H,13H2;1H/q+1;. The Morgan fingerprint density at radius 1 is 0.913 bits per heavy atom. The van der Waals surface area contributed by atoms with Crippen LogP contribution >= 0.6 is 17.0 Å². The van der Waals surface area contributed by atoms with Crippen molar-refractivity contribution in [1.29, 1.82) is 0 Å². The van der Waals surface area contributed by atoms with E-state index in [-0.39, 0.29) is 35.1 Å². The lowest BCUT2D eigenvalue weighted by molar-refractivity contribution is -0.683. The maximum atomic E-state index is 12.9. The second-order valence-electron chi connectivity index (χ2n) is 4.93. The number of rotatable bonds is 4. The molecule has 0 aliphatic heterocycles. The van der Waals surface area contributed by atoms with E-state index >= 15 is 0 Å². The summed E-state index contributed by atoms with van der Waals surface area (Å²) >= 11 is 0. The lowest BCUT2D eigenvalue weighted by atomic mass is 10.1. The van der Waals surface area contributed by atoms with E-state index in [1.165, 1.54) is 24.3 Å². The third-order valence-corrected chi connectivity index (χ3v) is 3.40. The number of hydrogen-bond donors (Lipinski definition) is 0. The lowest BCUT2D eigenvalue weighted by Crippen LogP contribution is -2.37. The third kappa shape index (κ3) is 4.29. The fraction of sp³-hybridized carbons (Fsp3) is 0.0556. The van der Waals surface area contributed by atoms with Gasteiger partial charge in [0.2, 0.25) is 12.3 Å². The van der Waals surface area contributed by atoms with Crippen molar-refractivity contribution in [2.75, 3.05) is 0 Å². The number of carbonyl (C=O) groups is 1. The molecule has 116 valence electrons. The van der Waals surface area contributed by atoms with Crippen molar-refractivity contribution in [3.05, 3.63) is 84.7 Å². The van der Waals surface area contributed by atoms with Gasteiger partial charge in [-0.3, -0.25) is 9.78 Å². The highest BCUT2D eigenvalue weighted by Gasteiger charge is 2.12. The Morgan fingerprint density at radius 3 is 2.09 bits per heavy atom. The molecule has 0 aliphatic rings. The van der Waals surface area contributed by atoms with Crippen LogP contribution in [0, 0.1) is 5.82 Å². The zero-order valence-corrected chi connectivity index (χ0v) is 13.9. The van der Waals surface area contributed by atoms with Gasteiger partial charge in [-0.25, -0.2) is 4.39 Å². The Labute approximate surface area is 144 Å². The summed E-state index contributed by atoms with van der Waals surface area (Å²) in [7, 11) is 0. The van der Waals surface area contributed by atoms with Crippen molar-refractivity contribution < 1.29 is 13.8 Å². The van der Waals surface area contributed by atoms with Crippen molar-refractivity contribution >= 4 is 22.8 Å². The van der Waals surface area contributed by atoms with E-state index < -0.39 is 0 Å². The van der Waals surface area contributed by atoms with Gasteiger partial charge in [0.05, 0.1) is 0 Å². The monoisotopic (exact) mass is 373 g/mol. The van der Waals surface area contributed by atoms with Crippen LogP contribution in [-0.4, -0.2) is 10.8 Å². The van der Waals surface area contributed by atoms with E-state index in [9.17, 15) is 9.18 Å². The zero-order valence-electron chi connectivity index (χ0n) is 12.2. The molecule has 23 heavy (non-hydrogen) atoms. The van der Waals surface area contributed by atoms with E-state index in [1.54, 1.807) is 17.0 Å². The Bertz CT molecular complexity index is 774. The van der Waals surface area contributed by atoms with Gasteiger partial charge in [0.15, 0.2) is 12.4 Å². The van der Waals surface area contributed by atoms with Crippen molar-refractivity contribution in [1.82, 2.24) is 4.98 Å². The molecular weight excluding hydrogens is 359 g/mol. The summed E-state index contributed by atoms with van der Waals surface area (Å²) in [5, 5.41) is 0. The minimum Gasteiger partial charge on any atom is -0.287 e. The molecule has 2 heterocycles. The number of aromatic nitrogens is 2. The predicted molar refractivity (Wildman–Crippen MR) is 90.9 cm³/mol. The Morgan fingerprint density at radius 2 is 1.48 bits per heavy atom. The SMILES string of the molecule is Br.O=C(C[n+]1ccc(-c2ccncc2)cc1)c1ccc(F)cc1. The summed E-state index contributed by atoms with van der Waals surface area (Å²) < 4.78 is 14.7. The summed E-state index contributed by atoms with van der Waals surface area (Å²) in [6, 6.07) is 13.4. The van der Waals surface area contributed by atoms with Gasteiger partial charge in [-0.1, -0.05) is 0 Å². The topological polar surface area (TPSA) is 33.8 Å². The number of Topliss-reactive ketones (excluding diaryl/α,β-unsaturated/α-hetero) is 1. The largest absolute Gasteiger partial charge is 0.287 e. The first-order valence-electron chi connectivity index (χ1n) is 6.91. The molecule has 0 atom stereocenters. The van der Waals surface area contributed by atoms with Crippen LogP contribution in [0.15, 0.2) is 73.3 Å². The molecule has 0 amide bonds. The first-order valence-corrected chi connectivity index (χ1v) is 6.91. The molecule has 0 aliphatic carbocycles. The lowest BCUT2D eigenvalue weighted by Gasteiger charge is -2.01. The van der Waals surface area contributed by atoms with Crippen LogP contribution in [0.2, 0.25) is 0 Å². The Balaban J connectivity index is 0.00000192. The highest BCUT2D eigenvalue weighted by Crippen LogP contribution is 2.15. The minimum absolute atomic E-state index is 0. The first-order chi connectivity index (χ1) is 10.7. The van der Waals surface area contributed by atoms with Crippen LogP contribution in [0.4, 0.5) is 4.39 Å². The second-order valence-corrected chi connectivity index (χ2v) is 4.93. The minimum atomic E-state index is -0.342. The molecule has 2 aromatic heterocycles. The molecule has 0 fully saturated rings. The van der Waals surface area contributed by atoms with Gasteiger partial charge in [-0.05, 0) is 47.5 Å². The average molecular weight is 374 g/mol. The van der Waals surface area contributed by atoms with Crippen LogP contribution in [0.1, 0.15) is 10.4 Å². The second kappa shape index (κ2) is 7.74. The van der Waals surface area contributed by atoms with Crippen LogP contribution in [0.3, 0.4) is 0 Å². The number of ketones is 1. The highest BCUT2D eigenvalue weighted by atomic mass is 79.9. The summed E-state index contributed by atoms with van der Waals surface area (Å²) in [6.07, 6.45) is 7.21. The maximum absolute atomic E-state index is 12.9. The fourth-order valence-corrected chi connectivity index (χ4v) is 2.19.